The summed E-state index contributed by atoms with van der Waals surface area (Å²) in [6, 6.07) is 21.1. The fourth-order valence-corrected chi connectivity index (χ4v) is 9.16. The van der Waals surface area contributed by atoms with Crippen LogP contribution >= 0.6 is 0 Å². The van der Waals surface area contributed by atoms with Crippen LogP contribution in [-0.4, -0.2) is 32.2 Å². The van der Waals surface area contributed by atoms with Crippen molar-refractivity contribution in [2.75, 3.05) is 0 Å². The molecule has 4 unspecified atom stereocenters. The second-order valence-electron chi connectivity index (χ2n) is 14.4. The molecular formula is C42H60O5Si. The molecule has 2 aromatic rings. The summed E-state index contributed by atoms with van der Waals surface area (Å²) in [6.07, 6.45) is 22.0. The van der Waals surface area contributed by atoms with Crippen LogP contribution in [0.3, 0.4) is 0 Å². The van der Waals surface area contributed by atoms with Gasteiger partial charge in [0.15, 0.2) is 0 Å². The standard InChI is InChI=1S/C42H60O5Si/c1-6-7-8-9-10-13-22-34(42(3,4)5)23-20-31-40(47-48(35-24-14-11-15-25-35)36-26-16-12-17-27-36)38-29-19-18-28-37(38)39(46-33(2)43)30-21-32-41(44)45/h10-17,20,23-27,31,34,37-39,48H,6-9,18-19,21-22,28-30,32H2,1-5H3,(H,44,45)/b13-10-,23-20+,40-31+. The lowest BCUT2D eigenvalue weighted by molar-refractivity contribution is -0.151. The van der Waals surface area contributed by atoms with Gasteiger partial charge in [0, 0.05) is 25.2 Å². The summed E-state index contributed by atoms with van der Waals surface area (Å²) in [7, 11) is -2.13. The summed E-state index contributed by atoms with van der Waals surface area (Å²) in [5.74, 6) is 0.296. The van der Waals surface area contributed by atoms with Gasteiger partial charge in [-0.05, 0) is 72.7 Å². The van der Waals surface area contributed by atoms with Crippen LogP contribution in [0.25, 0.3) is 0 Å². The lowest BCUT2D eigenvalue weighted by Gasteiger charge is -2.39. The van der Waals surface area contributed by atoms with Gasteiger partial charge in [-0.15, -0.1) is 0 Å². The molecule has 2 aromatic carbocycles. The first-order valence-corrected chi connectivity index (χ1v) is 19.9. The molecule has 0 saturated heterocycles. The fraction of sp³-hybridized carbons (Fsp3) is 0.524. The van der Waals surface area contributed by atoms with E-state index in [1.54, 1.807) is 0 Å². The Morgan fingerprint density at radius 1 is 0.938 bits per heavy atom. The normalized spacial score (nSPS) is 18.7. The molecule has 5 nitrogen and oxygen atoms in total. The maximum absolute atomic E-state index is 12.3. The molecule has 1 aliphatic carbocycles. The number of allylic oxidation sites excluding steroid dienone is 6. The molecule has 1 aliphatic rings. The van der Waals surface area contributed by atoms with Gasteiger partial charge in [0.05, 0.1) is 5.76 Å². The summed E-state index contributed by atoms with van der Waals surface area (Å²) in [5, 5.41) is 11.8. The van der Waals surface area contributed by atoms with E-state index in [0.717, 1.165) is 44.3 Å². The second-order valence-corrected chi connectivity index (χ2v) is 16.8. The molecule has 1 saturated carbocycles. The first kappa shape index (κ1) is 39.1. The van der Waals surface area contributed by atoms with Gasteiger partial charge in [0.2, 0.25) is 0 Å². The molecule has 0 amide bonds. The molecule has 4 atom stereocenters. The van der Waals surface area contributed by atoms with E-state index in [1.807, 2.05) is 12.1 Å². The minimum absolute atomic E-state index is 0.0572. The summed E-state index contributed by atoms with van der Waals surface area (Å²) in [5.41, 5.74) is 0.0996. The maximum Gasteiger partial charge on any atom is 0.303 e. The Morgan fingerprint density at radius 3 is 2.17 bits per heavy atom. The third-order valence-corrected chi connectivity index (χ3v) is 12.1. The molecular weight excluding hydrogens is 613 g/mol. The molecule has 0 heterocycles. The van der Waals surface area contributed by atoms with Crippen molar-refractivity contribution in [3.63, 3.8) is 0 Å². The molecule has 0 aromatic heterocycles. The molecule has 0 aliphatic heterocycles. The number of rotatable bonds is 19. The largest absolute Gasteiger partial charge is 0.540 e. The third-order valence-electron chi connectivity index (χ3n) is 9.56. The number of carboxylic acids is 1. The first-order valence-electron chi connectivity index (χ1n) is 18.3. The maximum atomic E-state index is 12.3. The van der Waals surface area contributed by atoms with Crippen LogP contribution < -0.4 is 10.4 Å². The van der Waals surface area contributed by atoms with Gasteiger partial charge in [0.25, 0.3) is 9.04 Å². The highest BCUT2D eigenvalue weighted by Gasteiger charge is 2.37. The van der Waals surface area contributed by atoms with Crippen molar-refractivity contribution in [3.8, 4) is 0 Å². The van der Waals surface area contributed by atoms with Crippen LogP contribution in [0.1, 0.15) is 112 Å². The van der Waals surface area contributed by atoms with Crippen LogP contribution in [0.4, 0.5) is 0 Å². The average molecular weight is 673 g/mol. The Balaban J connectivity index is 2.03. The summed E-state index contributed by atoms with van der Waals surface area (Å²) in [4.78, 5) is 23.7. The Morgan fingerprint density at radius 2 is 1.58 bits per heavy atom. The quantitative estimate of drug-likeness (QED) is 0.0402. The van der Waals surface area contributed by atoms with Gasteiger partial charge in [0.1, 0.15) is 6.10 Å². The van der Waals surface area contributed by atoms with Crippen LogP contribution in [0, 0.1) is 23.2 Å². The molecule has 0 spiro atoms. The zero-order valence-electron chi connectivity index (χ0n) is 30.1. The summed E-state index contributed by atoms with van der Waals surface area (Å²) in [6.45, 7) is 10.6. The topological polar surface area (TPSA) is 72.8 Å². The average Bonchev–Trinajstić information content (AvgIpc) is 3.06. The Kier molecular flexibility index (Phi) is 17.0. The summed E-state index contributed by atoms with van der Waals surface area (Å²) >= 11 is 0. The lowest BCUT2D eigenvalue weighted by atomic mass is 9.74. The highest BCUT2D eigenvalue weighted by molar-refractivity contribution is 6.80. The highest BCUT2D eigenvalue weighted by atomic mass is 28.3. The van der Waals surface area contributed by atoms with Crippen LogP contribution in [0.2, 0.25) is 0 Å². The summed E-state index contributed by atoms with van der Waals surface area (Å²) < 4.78 is 13.3. The molecule has 1 fully saturated rings. The number of ether oxygens (including phenoxy) is 1. The predicted octanol–water partition coefficient (Wildman–Crippen LogP) is 9.16. The Hall–Kier alpha value is -3.38. The number of esters is 1. The predicted molar refractivity (Wildman–Crippen MR) is 201 cm³/mol. The van der Waals surface area contributed by atoms with E-state index in [4.69, 9.17) is 9.16 Å². The number of carbonyl (C=O) groups excluding carboxylic acids is 1. The number of unbranched alkanes of at least 4 members (excludes halogenated alkanes) is 3. The van der Waals surface area contributed by atoms with Gasteiger partial charge in [-0.1, -0.05) is 138 Å². The zero-order chi connectivity index (χ0) is 34.8. The van der Waals surface area contributed by atoms with E-state index in [1.165, 1.54) is 36.6 Å². The number of hydrogen-bond acceptors (Lipinski definition) is 4. The number of aliphatic carboxylic acids is 1. The lowest BCUT2D eigenvalue weighted by Crippen LogP contribution is -2.46. The van der Waals surface area contributed by atoms with E-state index in [0.29, 0.717) is 18.8 Å². The molecule has 0 radical (unpaired) electrons. The molecule has 0 bridgehead atoms. The molecule has 3 rings (SSSR count). The molecule has 262 valence electrons. The van der Waals surface area contributed by atoms with Gasteiger partial charge in [-0.3, -0.25) is 9.59 Å². The number of carbonyl (C=O) groups is 2. The van der Waals surface area contributed by atoms with Gasteiger partial charge in [-0.2, -0.15) is 0 Å². The fourth-order valence-electron chi connectivity index (χ4n) is 6.83. The van der Waals surface area contributed by atoms with E-state index in [9.17, 15) is 14.7 Å². The second kappa shape index (κ2) is 20.9. The monoisotopic (exact) mass is 672 g/mol. The van der Waals surface area contributed by atoms with Crippen molar-refractivity contribution < 1.29 is 23.9 Å². The van der Waals surface area contributed by atoms with Crippen molar-refractivity contribution in [1.29, 1.82) is 0 Å². The van der Waals surface area contributed by atoms with Crippen LogP contribution in [0.15, 0.2) is 96.8 Å². The highest BCUT2D eigenvalue weighted by Crippen LogP contribution is 2.40. The van der Waals surface area contributed by atoms with Crippen molar-refractivity contribution in [2.45, 2.75) is 118 Å². The van der Waals surface area contributed by atoms with Gasteiger partial charge < -0.3 is 14.3 Å². The molecule has 6 heteroatoms. The minimum atomic E-state index is -2.13. The number of benzene rings is 2. The smallest absolute Gasteiger partial charge is 0.303 e. The molecule has 48 heavy (non-hydrogen) atoms. The van der Waals surface area contributed by atoms with Crippen molar-refractivity contribution in [2.24, 2.45) is 23.2 Å². The van der Waals surface area contributed by atoms with E-state index in [-0.39, 0.29) is 35.7 Å². The van der Waals surface area contributed by atoms with Crippen molar-refractivity contribution >= 4 is 31.4 Å². The van der Waals surface area contributed by atoms with Crippen LogP contribution in [0.5, 0.6) is 0 Å². The number of carboxylic acid groups (broad SMARTS) is 1. The van der Waals surface area contributed by atoms with E-state index >= 15 is 0 Å². The van der Waals surface area contributed by atoms with E-state index in [2.05, 4.69) is 107 Å². The van der Waals surface area contributed by atoms with Gasteiger partial charge in [-0.25, -0.2) is 0 Å². The van der Waals surface area contributed by atoms with E-state index < -0.39 is 15.0 Å². The van der Waals surface area contributed by atoms with Gasteiger partial charge >= 0.3 is 11.9 Å². The Labute approximate surface area is 292 Å². The Bertz CT molecular complexity index is 1270. The van der Waals surface area contributed by atoms with Crippen molar-refractivity contribution in [3.05, 3.63) is 96.8 Å². The van der Waals surface area contributed by atoms with Crippen molar-refractivity contribution in [1.82, 2.24) is 0 Å². The molecule has 1 N–H and O–H groups in total. The third kappa shape index (κ3) is 13.6. The SMILES string of the molecule is CCCCC/C=C\CC(/C=C/C=C(/O[SiH](c1ccccc1)c1ccccc1)C1CCCCC1C(CCCC(=O)O)OC(C)=O)C(C)(C)C. The first-order chi connectivity index (χ1) is 23.1. The zero-order valence-corrected chi connectivity index (χ0v) is 31.3. The minimum Gasteiger partial charge on any atom is -0.540 e. The van der Waals surface area contributed by atoms with Crippen LogP contribution in [-0.2, 0) is 18.8 Å². The number of hydrogen-bond donors (Lipinski definition) is 1.